The molecule has 1 aliphatic rings. The van der Waals surface area contributed by atoms with E-state index in [1.807, 2.05) is 0 Å². The lowest BCUT2D eigenvalue weighted by atomic mass is 10.2. The maximum absolute atomic E-state index is 11.5. The molecule has 1 fully saturated rings. The first-order valence-corrected chi connectivity index (χ1v) is 5.88. The molecule has 18 heavy (non-hydrogen) atoms. The van der Waals surface area contributed by atoms with E-state index < -0.39 is 5.97 Å². The van der Waals surface area contributed by atoms with Gasteiger partial charge in [-0.05, 0) is 43.0 Å². The number of ether oxygens (including phenoxy) is 1. The molecule has 2 rings (SSSR count). The molecule has 2 N–H and O–H groups in total. The maximum Gasteiger partial charge on any atom is 0.341 e. The molecule has 0 radical (unpaired) electrons. The predicted molar refractivity (Wildman–Crippen MR) is 65.5 cm³/mol. The van der Waals surface area contributed by atoms with Crippen molar-refractivity contribution in [3.8, 4) is 5.75 Å². The summed E-state index contributed by atoms with van der Waals surface area (Å²) < 4.78 is 4.99. The monoisotopic (exact) mass is 249 g/mol. The molecule has 0 heterocycles. The van der Waals surface area contributed by atoms with Crippen LogP contribution in [-0.2, 0) is 9.59 Å². The standard InChI is InChI=1S/C13H15NO4/c15-12(7-9-1-2-9)14-10-3-5-11(6-4-10)18-8-13(16)17/h3-6,9H,1-2,7-8H2,(H,14,15)(H,16,17). The molecule has 0 atom stereocenters. The molecule has 5 heteroatoms. The summed E-state index contributed by atoms with van der Waals surface area (Å²) in [7, 11) is 0. The van der Waals surface area contributed by atoms with Crippen molar-refractivity contribution < 1.29 is 19.4 Å². The van der Waals surface area contributed by atoms with Crippen molar-refractivity contribution in [1.82, 2.24) is 0 Å². The van der Waals surface area contributed by atoms with Crippen LogP contribution in [0.25, 0.3) is 0 Å². The Morgan fingerprint density at radius 3 is 2.50 bits per heavy atom. The van der Waals surface area contributed by atoms with Crippen LogP contribution in [0.1, 0.15) is 19.3 Å². The van der Waals surface area contributed by atoms with Gasteiger partial charge in [0.1, 0.15) is 5.75 Å². The average Bonchev–Trinajstić information content (AvgIpc) is 3.12. The highest BCUT2D eigenvalue weighted by atomic mass is 16.5. The summed E-state index contributed by atoms with van der Waals surface area (Å²) in [5.74, 6) is 0.0364. The molecule has 1 amide bonds. The Balaban J connectivity index is 1.82. The Labute approximate surface area is 105 Å². The van der Waals surface area contributed by atoms with Gasteiger partial charge in [-0.15, -0.1) is 0 Å². The van der Waals surface area contributed by atoms with Crippen molar-refractivity contribution in [2.45, 2.75) is 19.3 Å². The molecule has 0 unspecified atom stereocenters. The number of anilines is 1. The summed E-state index contributed by atoms with van der Waals surface area (Å²) in [6.45, 7) is -0.368. The highest BCUT2D eigenvalue weighted by molar-refractivity contribution is 5.91. The fourth-order valence-corrected chi connectivity index (χ4v) is 1.58. The first-order chi connectivity index (χ1) is 8.63. The molecular formula is C13H15NO4. The van der Waals surface area contributed by atoms with Crippen LogP contribution in [0.4, 0.5) is 5.69 Å². The van der Waals surface area contributed by atoms with Crippen LogP contribution in [0.3, 0.4) is 0 Å². The van der Waals surface area contributed by atoms with E-state index in [0.717, 1.165) is 12.8 Å². The van der Waals surface area contributed by atoms with Crippen molar-refractivity contribution in [2.24, 2.45) is 5.92 Å². The lowest BCUT2D eigenvalue weighted by molar-refractivity contribution is -0.139. The number of hydrogen-bond acceptors (Lipinski definition) is 3. The van der Waals surface area contributed by atoms with Gasteiger partial charge in [0.05, 0.1) is 0 Å². The van der Waals surface area contributed by atoms with E-state index in [1.165, 1.54) is 0 Å². The average molecular weight is 249 g/mol. The van der Waals surface area contributed by atoms with Gasteiger partial charge in [0.2, 0.25) is 5.91 Å². The largest absolute Gasteiger partial charge is 0.482 e. The molecule has 0 bridgehead atoms. The summed E-state index contributed by atoms with van der Waals surface area (Å²) in [5.41, 5.74) is 0.698. The number of hydrogen-bond donors (Lipinski definition) is 2. The topological polar surface area (TPSA) is 75.6 Å². The third kappa shape index (κ3) is 4.08. The molecule has 0 aromatic heterocycles. The van der Waals surface area contributed by atoms with Gasteiger partial charge < -0.3 is 15.2 Å². The highest BCUT2D eigenvalue weighted by Gasteiger charge is 2.24. The number of benzene rings is 1. The van der Waals surface area contributed by atoms with E-state index in [1.54, 1.807) is 24.3 Å². The fraction of sp³-hybridized carbons (Fsp3) is 0.385. The lowest BCUT2D eigenvalue weighted by Gasteiger charge is -2.06. The Hall–Kier alpha value is -2.04. The number of amides is 1. The number of aliphatic carboxylic acids is 1. The number of carbonyl (C=O) groups excluding carboxylic acids is 1. The third-order valence-electron chi connectivity index (χ3n) is 2.67. The Kier molecular flexibility index (Phi) is 3.82. The second-order valence-electron chi connectivity index (χ2n) is 4.40. The van der Waals surface area contributed by atoms with Gasteiger partial charge in [-0.25, -0.2) is 4.79 Å². The second-order valence-corrected chi connectivity index (χ2v) is 4.40. The second kappa shape index (κ2) is 5.53. The minimum atomic E-state index is -1.02. The SMILES string of the molecule is O=C(O)COc1ccc(NC(=O)CC2CC2)cc1. The molecule has 1 aromatic rings. The fourth-order valence-electron chi connectivity index (χ4n) is 1.58. The molecule has 1 saturated carbocycles. The van der Waals surface area contributed by atoms with Gasteiger partial charge in [-0.1, -0.05) is 0 Å². The first-order valence-electron chi connectivity index (χ1n) is 5.88. The van der Waals surface area contributed by atoms with Gasteiger partial charge in [0.15, 0.2) is 6.61 Å². The van der Waals surface area contributed by atoms with Crippen molar-refractivity contribution in [2.75, 3.05) is 11.9 Å². The number of carboxylic acid groups (broad SMARTS) is 1. The number of nitrogens with one attached hydrogen (secondary N) is 1. The molecule has 0 aliphatic heterocycles. The van der Waals surface area contributed by atoms with Gasteiger partial charge in [0, 0.05) is 12.1 Å². The van der Waals surface area contributed by atoms with E-state index in [-0.39, 0.29) is 12.5 Å². The normalized spacial score (nSPS) is 14.0. The van der Waals surface area contributed by atoms with E-state index in [4.69, 9.17) is 9.84 Å². The van der Waals surface area contributed by atoms with Crippen LogP contribution in [-0.4, -0.2) is 23.6 Å². The van der Waals surface area contributed by atoms with Crippen LogP contribution in [0, 0.1) is 5.92 Å². The summed E-state index contributed by atoms with van der Waals surface area (Å²) in [5, 5.41) is 11.3. The van der Waals surface area contributed by atoms with Crippen molar-refractivity contribution in [1.29, 1.82) is 0 Å². The Morgan fingerprint density at radius 1 is 1.28 bits per heavy atom. The molecule has 1 aliphatic carbocycles. The van der Waals surface area contributed by atoms with Crippen molar-refractivity contribution in [3.63, 3.8) is 0 Å². The van der Waals surface area contributed by atoms with Crippen LogP contribution < -0.4 is 10.1 Å². The minimum Gasteiger partial charge on any atom is -0.482 e. The van der Waals surface area contributed by atoms with Crippen LogP contribution >= 0.6 is 0 Å². The molecular weight excluding hydrogens is 234 g/mol. The van der Waals surface area contributed by atoms with Gasteiger partial charge in [-0.3, -0.25) is 4.79 Å². The molecule has 1 aromatic carbocycles. The molecule has 96 valence electrons. The summed E-state index contributed by atoms with van der Waals surface area (Å²) in [6.07, 6.45) is 2.88. The van der Waals surface area contributed by atoms with Crippen molar-refractivity contribution >= 4 is 17.6 Å². The lowest BCUT2D eigenvalue weighted by Crippen LogP contribution is -2.12. The first kappa shape index (κ1) is 12.4. The van der Waals surface area contributed by atoms with E-state index >= 15 is 0 Å². The van der Waals surface area contributed by atoms with E-state index in [0.29, 0.717) is 23.8 Å². The number of carboxylic acids is 1. The Morgan fingerprint density at radius 2 is 1.94 bits per heavy atom. The smallest absolute Gasteiger partial charge is 0.341 e. The maximum atomic E-state index is 11.5. The van der Waals surface area contributed by atoms with E-state index in [2.05, 4.69) is 5.32 Å². The molecule has 5 nitrogen and oxygen atoms in total. The summed E-state index contributed by atoms with van der Waals surface area (Å²) in [4.78, 5) is 21.9. The van der Waals surface area contributed by atoms with Crippen LogP contribution in [0.2, 0.25) is 0 Å². The molecule has 0 saturated heterocycles. The predicted octanol–water partition coefficient (Wildman–Crippen LogP) is 1.89. The van der Waals surface area contributed by atoms with Crippen LogP contribution in [0.15, 0.2) is 24.3 Å². The van der Waals surface area contributed by atoms with Gasteiger partial charge >= 0.3 is 5.97 Å². The summed E-state index contributed by atoms with van der Waals surface area (Å²) in [6, 6.07) is 6.66. The van der Waals surface area contributed by atoms with Gasteiger partial charge in [-0.2, -0.15) is 0 Å². The summed E-state index contributed by atoms with van der Waals surface area (Å²) >= 11 is 0. The van der Waals surface area contributed by atoms with Crippen LogP contribution in [0.5, 0.6) is 5.75 Å². The van der Waals surface area contributed by atoms with Gasteiger partial charge in [0.25, 0.3) is 0 Å². The number of carbonyl (C=O) groups is 2. The zero-order chi connectivity index (χ0) is 13.0. The van der Waals surface area contributed by atoms with E-state index in [9.17, 15) is 9.59 Å². The molecule has 0 spiro atoms. The number of rotatable bonds is 6. The zero-order valence-electron chi connectivity index (χ0n) is 9.89. The minimum absolute atomic E-state index is 0.0247. The Bertz CT molecular complexity index is 437. The van der Waals surface area contributed by atoms with Crippen molar-refractivity contribution in [3.05, 3.63) is 24.3 Å². The highest BCUT2D eigenvalue weighted by Crippen LogP contribution is 2.32. The third-order valence-corrected chi connectivity index (χ3v) is 2.67. The zero-order valence-corrected chi connectivity index (χ0v) is 9.89. The quantitative estimate of drug-likeness (QED) is 0.807.